The molecule has 32 heavy (non-hydrogen) atoms. The first kappa shape index (κ1) is 21.8. The molecular weight excluding hydrogens is 426 g/mol. The summed E-state index contributed by atoms with van der Waals surface area (Å²) in [6.45, 7) is 3.70. The van der Waals surface area contributed by atoms with E-state index in [1.54, 1.807) is 11.8 Å². The fourth-order valence-electron chi connectivity index (χ4n) is 4.02. The molecule has 0 fully saturated rings. The van der Waals surface area contributed by atoms with E-state index in [0.717, 1.165) is 36.3 Å². The van der Waals surface area contributed by atoms with E-state index in [4.69, 9.17) is 9.72 Å². The highest BCUT2D eigenvalue weighted by molar-refractivity contribution is 5.85. The first-order chi connectivity index (χ1) is 15.2. The predicted octanol–water partition coefficient (Wildman–Crippen LogP) is 3.89. The number of nitrogens with zero attached hydrogens (tertiary/aromatic N) is 3. The van der Waals surface area contributed by atoms with Crippen LogP contribution in [0.5, 0.6) is 5.75 Å². The van der Waals surface area contributed by atoms with Crippen molar-refractivity contribution in [3.63, 3.8) is 0 Å². The Hall–Kier alpha value is -3.42. The van der Waals surface area contributed by atoms with Crippen molar-refractivity contribution in [2.24, 2.45) is 0 Å². The smallest absolute Gasteiger partial charge is 0.277 e. The molecule has 0 saturated carbocycles. The summed E-state index contributed by atoms with van der Waals surface area (Å²) in [5, 5.41) is 7.89. The van der Waals surface area contributed by atoms with Gasteiger partial charge in [-0.1, -0.05) is 30.3 Å². The second-order valence-electron chi connectivity index (χ2n) is 7.54. The fourth-order valence-corrected chi connectivity index (χ4v) is 4.02. The largest absolute Gasteiger partial charge is 0.496 e. The molecule has 2 N–H and O–H groups in total. The molecule has 0 saturated heterocycles. The summed E-state index contributed by atoms with van der Waals surface area (Å²) < 4.78 is 7.31. The maximum absolute atomic E-state index is 13.1. The molecule has 5 rings (SSSR count). The van der Waals surface area contributed by atoms with Crippen LogP contribution in [-0.4, -0.2) is 39.9 Å². The van der Waals surface area contributed by atoms with Crippen LogP contribution in [0.25, 0.3) is 33.7 Å². The van der Waals surface area contributed by atoms with Crippen LogP contribution < -0.4 is 15.6 Å². The summed E-state index contributed by atoms with van der Waals surface area (Å²) in [6.07, 6.45) is 3.17. The highest BCUT2D eigenvalue weighted by Gasteiger charge is 2.18. The number of aromatic nitrogens is 4. The lowest BCUT2D eigenvalue weighted by Gasteiger charge is -2.16. The van der Waals surface area contributed by atoms with Gasteiger partial charge in [-0.15, -0.1) is 12.4 Å². The fraction of sp³-hybridized carbons (Fsp3) is 0.208. The van der Waals surface area contributed by atoms with Crippen molar-refractivity contribution in [2.75, 3.05) is 20.2 Å². The summed E-state index contributed by atoms with van der Waals surface area (Å²) in [4.78, 5) is 20.8. The van der Waals surface area contributed by atoms with E-state index in [9.17, 15) is 4.79 Å². The van der Waals surface area contributed by atoms with Gasteiger partial charge in [-0.2, -0.15) is 5.10 Å². The van der Waals surface area contributed by atoms with Crippen molar-refractivity contribution in [3.05, 3.63) is 76.2 Å². The lowest BCUT2D eigenvalue weighted by molar-refractivity contribution is 0.416. The summed E-state index contributed by atoms with van der Waals surface area (Å²) in [5.74, 6) is 1.14. The van der Waals surface area contributed by atoms with Gasteiger partial charge in [0.05, 0.1) is 24.1 Å². The molecule has 8 heteroatoms. The number of hydrogen-bond donors (Lipinski definition) is 2. The SMILES string of the molecule is COc1cc(C2=CCNCC2)ccc1-c1nc2c(C)nn(-c3ccccc3)c2c(=O)[nH]1.Cl. The molecule has 0 aliphatic carbocycles. The minimum atomic E-state index is -0.239. The van der Waals surface area contributed by atoms with Crippen LogP contribution in [0.2, 0.25) is 0 Å². The van der Waals surface area contributed by atoms with Gasteiger partial charge >= 0.3 is 0 Å². The molecule has 0 amide bonds. The topological polar surface area (TPSA) is 84.8 Å². The summed E-state index contributed by atoms with van der Waals surface area (Å²) in [7, 11) is 1.63. The van der Waals surface area contributed by atoms with E-state index in [2.05, 4.69) is 27.5 Å². The number of aromatic amines is 1. The second-order valence-corrected chi connectivity index (χ2v) is 7.54. The van der Waals surface area contributed by atoms with Gasteiger partial charge in [-0.05, 0) is 55.3 Å². The monoisotopic (exact) mass is 449 g/mol. The number of hydrogen-bond acceptors (Lipinski definition) is 5. The van der Waals surface area contributed by atoms with Gasteiger partial charge in [0, 0.05) is 6.54 Å². The molecule has 7 nitrogen and oxygen atoms in total. The van der Waals surface area contributed by atoms with Crippen molar-refractivity contribution in [3.8, 4) is 22.8 Å². The van der Waals surface area contributed by atoms with Crippen molar-refractivity contribution in [1.29, 1.82) is 0 Å². The van der Waals surface area contributed by atoms with Crippen molar-refractivity contribution in [1.82, 2.24) is 25.1 Å². The highest BCUT2D eigenvalue weighted by atomic mass is 35.5. The lowest BCUT2D eigenvalue weighted by Crippen LogP contribution is -2.20. The molecule has 0 unspecified atom stereocenters. The second kappa shape index (κ2) is 8.98. The number of nitrogens with one attached hydrogen (secondary N) is 2. The van der Waals surface area contributed by atoms with Crippen molar-refractivity contribution >= 4 is 29.0 Å². The molecule has 0 atom stereocenters. The third-order valence-electron chi connectivity index (χ3n) is 5.59. The minimum Gasteiger partial charge on any atom is -0.496 e. The van der Waals surface area contributed by atoms with Crippen LogP contribution in [-0.2, 0) is 0 Å². The third kappa shape index (κ3) is 3.81. The molecular formula is C24H24ClN5O2. The first-order valence-corrected chi connectivity index (χ1v) is 10.3. The Kier molecular flexibility index (Phi) is 6.12. The lowest BCUT2D eigenvalue weighted by atomic mass is 9.98. The van der Waals surface area contributed by atoms with Crippen LogP contribution in [0.1, 0.15) is 17.7 Å². The van der Waals surface area contributed by atoms with Crippen molar-refractivity contribution in [2.45, 2.75) is 13.3 Å². The number of para-hydroxylation sites is 1. The van der Waals surface area contributed by atoms with Crippen LogP contribution in [0.4, 0.5) is 0 Å². The van der Waals surface area contributed by atoms with Gasteiger partial charge in [0.1, 0.15) is 17.1 Å². The molecule has 164 valence electrons. The highest BCUT2D eigenvalue weighted by Crippen LogP contribution is 2.32. The summed E-state index contributed by atoms with van der Waals surface area (Å²) in [5.41, 5.74) is 5.44. The van der Waals surface area contributed by atoms with Gasteiger partial charge < -0.3 is 15.0 Å². The number of benzene rings is 2. The Labute approximate surface area is 191 Å². The number of fused-ring (bicyclic) bond motifs is 1. The van der Waals surface area contributed by atoms with E-state index in [1.165, 1.54) is 5.57 Å². The molecule has 1 aliphatic heterocycles. The van der Waals surface area contributed by atoms with Gasteiger partial charge in [-0.25, -0.2) is 9.67 Å². The van der Waals surface area contributed by atoms with E-state index in [-0.39, 0.29) is 18.0 Å². The van der Waals surface area contributed by atoms with E-state index in [0.29, 0.717) is 28.3 Å². The van der Waals surface area contributed by atoms with Gasteiger partial charge in [0.25, 0.3) is 5.56 Å². The zero-order valence-corrected chi connectivity index (χ0v) is 18.7. The van der Waals surface area contributed by atoms with E-state index >= 15 is 0 Å². The number of aryl methyl sites for hydroxylation is 1. The number of rotatable bonds is 4. The number of methoxy groups -OCH3 is 1. The average molecular weight is 450 g/mol. The maximum atomic E-state index is 13.1. The maximum Gasteiger partial charge on any atom is 0.277 e. The van der Waals surface area contributed by atoms with Crippen LogP contribution in [0.3, 0.4) is 0 Å². The summed E-state index contributed by atoms with van der Waals surface area (Å²) >= 11 is 0. The minimum absolute atomic E-state index is 0. The Bertz CT molecular complexity index is 1360. The molecule has 4 aromatic rings. The number of halogens is 1. The molecule has 0 bridgehead atoms. The molecule has 0 spiro atoms. The Morgan fingerprint density at radius 1 is 1.12 bits per heavy atom. The average Bonchev–Trinajstić information content (AvgIpc) is 3.16. The molecule has 0 radical (unpaired) electrons. The summed E-state index contributed by atoms with van der Waals surface area (Å²) in [6, 6.07) is 15.6. The van der Waals surface area contributed by atoms with Crippen molar-refractivity contribution < 1.29 is 4.74 Å². The quantitative estimate of drug-likeness (QED) is 0.493. The predicted molar refractivity (Wildman–Crippen MR) is 129 cm³/mol. The first-order valence-electron chi connectivity index (χ1n) is 10.3. The van der Waals surface area contributed by atoms with Crippen LogP contribution >= 0.6 is 12.4 Å². The normalized spacial score (nSPS) is 13.5. The van der Waals surface area contributed by atoms with Crippen LogP contribution in [0, 0.1) is 6.92 Å². The molecule has 3 heterocycles. The molecule has 1 aliphatic rings. The van der Waals surface area contributed by atoms with E-state index in [1.807, 2.05) is 49.4 Å². The Balaban J connectivity index is 0.00000245. The molecule has 2 aromatic heterocycles. The van der Waals surface area contributed by atoms with Gasteiger partial charge in [0.2, 0.25) is 0 Å². The number of H-pyrrole nitrogens is 1. The Morgan fingerprint density at radius 3 is 2.66 bits per heavy atom. The zero-order valence-electron chi connectivity index (χ0n) is 17.9. The van der Waals surface area contributed by atoms with Crippen LogP contribution in [0.15, 0.2) is 59.4 Å². The third-order valence-corrected chi connectivity index (χ3v) is 5.59. The Morgan fingerprint density at radius 2 is 1.94 bits per heavy atom. The van der Waals surface area contributed by atoms with E-state index < -0.39 is 0 Å². The standard InChI is InChI=1S/C24H23N5O2.ClH/c1-15-21-22(29(28-15)18-6-4-3-5-7-18)24(30)27-23(26-21)19-9-8-17(14-20(19)31-2)16-10-12-25-13-11-16;/h3-10,14,25H,11-13H2,1-2H3,(H,26,27,30);1H. The molecule has 2 aromatic carbocycles. The van der Waals surface area contributed by atoms with Gasteiger partial charge in [0.15, 0.2) is 5.52 Å². The number of ether oxygens (including phenoxy) is 1. The zero-order chi connectivity index (χ0) is 21.4. The van der Waals surface area contributed by atoms with Gasteiger partial charge in [-0.3, -0.25) is 4.79 Å².